The molecule has 4 rings (SSSR count). The molecule has 0 bridgehead atoms. The minimum absolute atomic E-state index is 0.106. The number of nitrogens with one attached hydrogen (secondary N) is 2. The predicted octanol–water partition coefficient (Wildman–Crippen LogP) is 5.59. The van der Waals surface area contributed by atoms with E-state index in [1.807, 2.05) is 13.8 Å². The van der Waals surface area contributed by atoms with Gasteiger partial charge in [-0.25, -0.2) is 17.6 Å². The number of hydrogen-bond donors (Lipinski definition) is 3. The van der Waals surface area contributed by atoms with Crippen LogP contribution >= 0.6 is 0 Å². The van der Waals surface area contributed by atoms with Gasteiger partial charge in [0.05, 0.1) is 42.4 Å². The van der Waals surface area contributed by atoms with E-state index >= 15 is 0 Å². The van der Waals surface area contributed by atoms with Gasteiger partial charge >= 0.3 is 6.03 Å². The Bertz CT molecular complexity index is 1690. The van der Waals surface area contributed by atoms with Crippen LogP contribution in [0.2, 0.25) is 0 Å². The quantitative estimate of drug-likeness (QED) is 0.260. The molecule has 14 heteroatoms. The summed E-state index contributed by atoms with van der Waals surface area (Å²) in [6, 6.07) is 14.9. The maximum absolute atomic E-state index is 14.4. The van der Waals surface area contributed by atoms with Crippen LogP contribution in [0.5, 0.6) is 11.5 Å². The molecule has 0 spiro atoms. The second-order valence-electron chi connectivity index (χ2n) is 12.6. The molecular weight excluding hydrogens is 667 g/mol. The largest absolute Gasteiger partial charge is 0.497 e. The number of anilines is 2. The summed E-state index contributed by atoms with van der Waals surface area (Å²) < 4.78 is 59.9. The van der Waals surface area contributed by atoms with E-state index in [4.69, 9.17) is 14.2 Å². The number of carbonyl (C=O) groups excluding carboxylic acids is 2. The summed E-state index contributed by atoms with van der Waals surface area (Å²) in [7, 11) is -0.872. The number of nitrogens with zero attached hydrogens (tertiary/aromatic N) is 2. The van der Waals surface area contributed by atoms with Crippen LogP contribution in [-0.4, -0.2) is 94.0 Å². The van der Waals surface area contributed by atoms with Crippen molar-refractivity contribution in [3.05, 3.63) is 78.1 Å². The lowest BCUT2D eigenvalue weighted by Crippen LogP contribution is -2.48. The zero-order valence-electron chi connectivity index (χ0n) is 29.1. The molecule has 0 aliphatic carbocycles. The summed E-state index contributed by atoms with van der Waals surface area (Å²) in [4.78, 5) is 30.4. The number of amides is 3. The third-order valence-corrected chi connectivity index (χ3v) is 9.97. The van der Waals surface area contributed by atoms with Gasteiger partial charge in [-0.2, -0.15) is 0 Å². The molecule has 3 aromatic carbocycles. The summed E-state index contributed by atoms with van der Waals surface area (Å²) in [5.41, 5.74) is 0.814. The summed E-state index contributed by atoms with van der Waals surface area (Å²) >= 11 is 0. The fourth-order valence-electron chi connectivity index (χ4n) is 5.52. The van der Waals surface area contributed by atoms with E-state index in [0.29, 0.717) is 24.5 Å². The molecule has 3 N–H and O–H groups in total. The topological polar surface area (TPSA) is 147 Å². The normalized spacial score (nSPS) is 19.7. The average Bonchev–Trinajstić information content (AvgIpc) is 3.09. The maximum atomic E-state index is 14.4. The van der Waals surface area contributed by atoms with E-state index in [9.17, 15) is 27.5 Å². The molecule has 3 aromatic rings. The Hall–Kier alpha value is -4.40. The summed E-state index contributed by atoms with van der Waals surface area (Å²) in [6.07, 6.45) is 1.44. The molecule has 0 radical (unpaired) electrons. The molecule has 1 aliphatic heterocycles. The van der Waals surface area contributed by atoms with Crippen LogP contribution in [-0.2, 0) is 14.8 Å². The third-order valence-electron chi connectivity index (χ3n) is 8.57. The van der Waals surface area contributed by atoms with Gasteiger partial charge < -0.3 is 34.4 Å². The minimum atomic E-state index is -4.11. The lowest BCUT2D eigenvalue weighted by atomic mass is 10.0. The minimum Gasteiger partial charge on any atom is -0.497 e. The third kappa shape index (κ3) is 10.3. The summed E-state index contributed by atoms with van der Waals surface area (Å²) in [5.74, 6) is -0.411. The van der Waals surface area contributed by atoms with Crippen molar-refractivity contribution < 1.29 is 41.7 Å². The highest BCUT2D eigenvalue weighted by atomic mass is 32.2. The van der Waals surface area contributed by atoms with Gasteiger partial charge in [0.2, 0.25) is 0 Å². The van der Waals surface area contributed by atoms with Crippen LogP contribution in [0.3, 0.4) is 0 Å². The second-order valence-corrected chi connectivity index (χ2v) is 14.3. The lowest BCUT2D eigenvalue weighted by Gasteiger charge is -2.35. The number of carbonyl (C=O) groups is 2. The number of urea groups is 1. The molecule has 272 valence electrons. The first kappa shape index (κ1) is 38.4. The monoisotopic (exact) mass is 714 g/mol. The van der Waals surface area contributed by atoms with Gasteiger partial charge in [0, 0.05) is 44.0 Å². The Morgan fingerprint density at radius 3 is 2.42 bits per heavy atom. The molecule has 0 saturated carbocycles. The Labute approximate surface area is 293 Å². The number of aliphatic hydroxyl groups excluding tert-OH is 1. The molecule has 0 aromatic heterocycles. The molecule has 0 saturated heterocycles. The number of sulfonamides is 1. The molecule has 50 heavy (non-hydrogen) atoms. The van der Waals surface area contributed by atoms with Crippen LogP contribution in [0, 0.1) is 11.7 Å². The van der Waals surface area contributed by atoms with Crippen molar-refractivity contribution in [1.82, 2.24) is 9.80 Å². The van der Waals surface area contributed by atoms with E-state index in [1.54, 1.807) is 51.4 Å². The molecule has 4 atom stereocenters. The molecule has 3 amide bonds. The first-order valence-electron chi connectivity index (χ1n) is 16.6. The highest BCUT2D eigenvalue weighted by Crippen LogP contribution is 2.30. The van der Waals surface area contributed by atoms with Crippen molar-refractivity contribution in [2.75, 3.05) is 50.5 Å². The molecule has 1 aliphatic rings. The van der Waals surface area contributed by atoms with Gasteiger partial charge in [0.15, 0.2) is 0 Å². The van der Waals surface area contributed by atoms with Gasteiger partial charge in [-0.3, -0.25) is 9.52 Å². The van der Waals surface area contributed by atoms with Crippen molar-refractivity contribution in [1.29, 1.82) is 0 Å². The number of likely N-dealkylation sites (N-methyl/N-ethyl adjacent to an activating group) is 1. The van der Waals surface area contributed by atoms with Crippen molar-refractivity contribution in [3.63, 3.8) is 0 Å². The van der Waals surface area contributed by atoms with E-state index < -0.39 is 33.9 Å². The zero-order chi connectivity index (χ0) is 36.4. The fourth-order valence-corrected chi connectivity index (χ4v) is 6.57. The standard InChI is InChI=1S/C36H47FN4O8S/c1-24-21-41(25(2)23-42)35(43)32-20-29(39-50(45,46)31-16-9-27(37)10-17-31)13-18-33(32)49-26(3)8-6-7-19-48-34(24)22-40(4)36(44)38-28-11-14-30(47-5)15-12-28/h9-18,20,24-26,34,39,42H,6-8,19,21-23H2,1-5H3,(H,38,44)/t24-,25+,26+,34+/m0/s1. The molecule has 0 fully saturated rings. The number of hydrogen-bond acceptors (Lipinski definition) is 8. The Morgan fingerprint density at radius 1 is 1.08 bits per heavy atom. The molecular formula is C36H47FN4O8S. The van der Waals surface area contributed by atoms with E-state index in [-0.39, 0.29) is 59.6 Å². The highest BCUT2D eigenvalue weighted by Gasteiger charge is 2.31. The lowest BCUT2D eigenvalue weighted by molar-refractivity contribution is -0.0115. The van der Waals surface area contributed by atoms with Gasteiger partial charge in [-0.15, -0.1) is 0 Å². The van der Waals surface area contributed by atoms with Gasteiger partial charge in [-0.1, -0.05) is 6.92 Å². The zero-order valence-corrected chi connectivity index (χ0v) is 29.9. The Kier molecular flexibility index (Phi) is 13.4. The SMILES string of the molecule is COc1ccc(NC(=O)N(C)C[C@H]2OCCCC[C@@H](C)Oc3ccc(NS(=O)(=O)c4ccc(F)cc4)cc3C(=O)N([C@H](C)CO)C[C@@H]2C)cc1. The number of methoxy groups -OCH3 is 1. The molecule has 1 heterocycles. The summed E-state index contributed by atoms with van der Waals surface area (Å²) in [5, 5.41) is 13.1. The van der Waals surface area contributed by atoms with Crippen LogP contribution < -0.4 is 19.5 Å². The maximum Gasteiger partial charge on any atom is 0.321 e. The Morgan fingerprint density at radius 2 is 1.76 bits per heavy atom. The first-order valence-corrected chi connectivity index (χ1v) is 18.1. The predicted molar refractivity (Wildman–Crippen MR) is 189 cm³/mol. The number of aliphatic hydroxyl groups is 1. The first-order chi connectivity index (χ1) is 23.8. The average molecular weight is 715 g/mol. The van der Waals surface area contributed by atoms with E-state index in [2.05, 4.69) is 10.0 Å². The van der Waals surface area contributed by atoms with Crippen LogP contribution in [0.1, 0.15) is 50.4 Å². The van der Waals surface area contributed by atoms with Crippen LogP contribution in [0.4, 0.5) is 20.6 Å². The molecule has 0 unspecified atom stereocenters. The summed E-state index contributed by atoms with van der Waals surface area (Å²) in [6.45, 7) is 6.00. The number of ether oxygens (including phenoxy) is 3. The smallest absolute Gasteiger partial charge is 0.321 e. The van der Waals surface area contributed by atoms with E-state index in [0.717, 1.165) is 37.1 Å². The number of halogens is 1. The number of rotatable bonds is 9. The fraction of sp³-hybridized carbons (Fsp3) is 0.444. The van der Waals surface area contributed by atoms with Gasteiger partial charge in [-0.05, 0) is 99.8 Å². The second kappa shape index (κ2) is 17.5. The Balaban J connectivity index is 1.61. The highest BCUT2D eigenvalue weighted by molar-refractivity contribution is 7.92. The van der Waals surface area contributed by atoms with Crippen LogP contribution in [0.15, 0.2) is 71.6 Å². The van der Waals surface area contributed by atoms with Crippen LogP contribution in [0.25, 0.3) is 0 Å². The van der Waals surface area contributed by atoms with Crippen molar-refractivity contribution >= 4 is 33.3 Å². The molecule has 12 nitrogen and oxygen atoms in total. The van der Waals surface area contributed by atoms with Crippen molar-refractivity contribution in [2.24, 2.45) is 5.92 Å². The number of fused-ring (bicyclic) bond motifs is 1. The van der Waals surface area contributed by atoms with Crippen molar-refractivity contribution in [2.45, 2.75) is 63.2 Å². The van der Waals surface area contributed by atoms with Gasteiger partial charge in [0.25, 0.3) is 15.9 Å². The van der Waals surface area contributed by atoms with E-state index in [1.165, 1.54) is 21.9 Å². The van der Waals surface area contributed by atoms with Crippen molar-refractivity contribution in [3.8, 4) is 11.5 Å². The van der Waals surface area contributed by atoms with Gasteiger partial charge in [0.1, 0.15) is 17.3 Å². The number of benzene rings is 3.